The number of aromatic amines is 1. The Morgan fingerprint density at radius 3 is 2.88 bits per heavy atom. The van der Waals surface area contributed by atoms with Crippen molar-refractivity contribution < 1.29 is 4.74 Å². The fraction of sp³-hybridized carbons (Fsp3) is 0.150. The molecule has 4 rings (SSSR count). The van der Waals surface area contributed by atoms with E-state index >= 15 is 0 Å². The first-order valence-electron chi connectivity index (χ1n) is 8.30. The highest BCUT2D eigenvalue weighted by atomic mass is 16.5. The number of rotatable bonds is 4. The molecule has 1 N–H and O–H groups in total. The Hall–Kier alpha value is -3.41. The van der Waals surface area contributed by atoms with Crippen molar-refractivity contribution >= 4 is 5.65 Å². The van der Waals surface area contributed by atoms with Crippen molar-refractivity contribution in [3.05, 3.63) is 82.2 Å². The molecule has 0 radical (unpaired) electrons. The zero-order valence-electron chi connectivity index (χ0n) is 14.6. The zero-order valence-corrected chi connectivity index (χ0v) is 14.6. The average Bonchev–Trinajstić information content (AvgIpc) is 3.08. The third kappa shape index (κ3) is 2.86. The minimum atomic E-state index is -0.315. The van der Waals surface area contributed by atoms with E-state index < -0.39 is 0 Å². The minimum Gasteiger partial charge on any atom is -0.496 e. The molecule has 2 aromatic carbocycles. The molecule has 0 aliphatic rings. The van der Waals surface area contributed by atoms with Crippen molar-refractivity contribution in [1.82, 2.24) is 19.6 Å². The summed E-state index contributed by atoms with van der Waals surface area (Å²) in [6, 6.07) is 14.5. The van der Waals surface area contributed by atoms with Crippen LogP contribution in [0.2, 0.25) is 0 Å². The molecule has 6 nitrogen and oxygen atoms in total. The molecule has 0 fully saturated rings. The highest BCUT2D eigenvalue weighted by Crippen LogP contribution is 2.30. The van der Waals surface area contributed by atoms with Crippen LogP contribution in [0, 0.1) is 6.92 Å². The van der Waals surface area contributed by atoms with Gasteiger partial charge >= 0.3 is 5.69 Å². The molecule has 2 aromatic heterocycles. The van der Waals surface area contributed by atoms with E-state index in [1.807, 2.05) is 18.2 Å². The van der Waals surface area contributed by atoms with E-state index in [0.29, 0.717) is 5.65 Å². The first-order valence-corrected chi connectivity index (χ1v) is 8.30. The third-order valence-corrected chi connectivity index (χ3v) is 4.39. The summed E-state index contributed by atoms with van der Waals surface area (Å²) >= 11 is 0. The Kier molecular flexibility index (Phi) is 4.01. The number of hydrogen-bond donors (Lipinski definition) is 1. The number of ether oxygens (including phenoxy) is 1. The van der Waals surface area contributed by atoms with E-state index in [0.717, 1.165) is 28.9 Å². The maximum absolute atomic E-state index is 11.8. The van der Waals surface area contributed by atoms with E-state index in [9.17, 15) is 4.79 Å². The Bertz CT molecular complexity index is 1140. The number of benzene rings is 2. The zero-order chi connectivity index (χ0) is 18.1. The lowest BCUT2D eigenvalue weighted by Crippen LogP contribution is -2.17. The van der Waals surface area contributed by atoms with Gasteiger partial charge in [0.1, 0.15) is 5.75 Å². The summed E-state index contributed by atoms with van der Waals surface area (Å²) in [5.41, 5.74) is 5.47. The molecule has 0 spiro atoms. The summed E-state index contributed by atoms with van der Waals surface area (Å²) in [6.07, 6.45) is 3.82. The van der Waals surface area contributed by atoms with Crippen molar-refractivity contribution in [2.45, 2.75) is 13.3 Å². The van der Waals surface area contributed by atoms with Crippen LogP contribution in [0.25, 0.3) is 16.8 Å². The van der Waals surface area contributed by atoms with Gasteiger partial charge in [-0.1, -0.05) is 42.0 Å². The number of H-pyrrole nitrogens is 1. The molecule has 0 aliphatic carbocycles. The largest absolute Gasteiger partial charge is 0.496 e. The van der Waals surface area contributed by atoms with Crippen LogP contribution < -0.4 is 10.4 Å². The van der Waals surface area contributed by atoms with E-state index in [1.54, 1.807) is 13.3 Å². The molecule has 0 saturated heterocycles. The summed E-state index contributed by atoms with van der Waals surface area (Å²) in [4.78, 5) is 18.6. The smallest absolute Gasteiger partial charge is 0.349 e. The number of hydrogen-bond acceptors (Lipinski definition) is 4. The maximum atomic E-state index is 11.8. The first-order chi connectivity index (χ1) is 12.7. The third-order valence-electron chi connectivity index (χ3n) is 4.39. The van der Waals surface area contributed by atoms with Gasteiger partial charge in [-0.25, -0.2) is 9.78 Å². The number of methoxy groups -OCH3 is 1. The normalized spacial score (nSPS) is 11.0. The van der Waals surface area contributed by atoms with Crippen LogP contribution in [-0.2, 0) is 6.42 Å². The van der Waals surface area contributed by atoms with Crippen molar-refractivity contribution in [2.24, 2.45) is 0 Å². The second-order valence-electron chi connectivity index (χ2n) is 6.19. The standard InChI is InChI=1S/C20H18N4O2/c1-13-4-3-5-14(8-13)9-16-7-6-15(10-18(16)26-2)17-11-23-24-19(17)21-12-22-20(24)25/h3-8,10-12H,9H2,1-2H3,(H,21,22,25). The highest BCUT2D eigenvalue weighted by molar-refractivity contribution is 5.77. The molecule has 0 bridgehead atoms. The summed E-state index contributed by atoms with van der Waals surface area (Å²) in [5, 5.41) is 4.12. The lowest BCUT2D eigenvalue weighted by molar-refractivity contribution is 0.411. The first kappa shape index (κ1) is 16.1. The molecular weight excluding hydrogens is 328 g/mol. The molecule has 0 unspecified atom stereocenters. The van der Waals surface area contributed by atoms with Gasteiger partial charge in [-0.05, 0) is 29.7 Å². The van der Waals surface area contributed by atoms with Gasteiger partial charge in [0.15, 0.2) is 5.65 Å². The fourth-order valence-corrected chi connectivity index (χ4v) is 3.13. The van der Waals surface area contributed by atoms with Crippen LogP contribution in [0.5, 0.6) is 5.75 Å². The van der Waals surface area contributed by atoms with Gasteiger partial charge in [0, 0.05) is 12.0 Å². The van der Waals surface area contributed by atoms with Crippen molar-refractivity contribution in [3.63, 3.8) is 0 Å². The van der Waals surface area contributed by atoms with E-state index in [4.69, 9.17) is 4.74 Å². The highest BCUT2D eigenvalue weighted by Gasteiger charge is 2.12. The van der Waals surface area contributed by atoms with Gasteiger partial charge in [0.25, 0.3) is 0 Å². The second kappa shape index (κ2) is 6.48. The Morgan fingerprint density at radius 2 is 2.08 bits per heavy atom. The molecule has 130 valence electrons. The van der Waals surface area contributed by atoms with E-state index in [1.165, 1.54) is 22.0 Å². The minimum absolute atomic E-state index is 0.315. The summed E-state index contributed by atoms with van der Waals surface area (Å²) in [7, 11) is 1.66. The quantitative estimate of drug-likeness (QED) is 0.616. The summed E-state index contributed by atoms with van der Waals surface area (Å²) < 4.78 is 6.86. The van der Waals surface area contributed by atoms with Crippen LogP contribution in [-0.4, -0.2) is 26.7 Å². The average molecular weight is 346 g/mol. The molecule has 0 atom stereocenters. The Morgan fingerprint density at radius 1 is 1.19 bits per heavy atom. The van der Waals surface area contributed by atoms with Gasteiger partial charge in [-0.15, -0.1) is 0 Å². The molecule has 0 saturated carbocycles. The fourth-order valence-electron chi connectivity index (χ4n) is 3.13. The Balaban J connectivity index is 1.75. The predicted octanol–water partition coefficient (Wildman–Crippen LogP) is 2.99. The van der Waals surface area contributed by atoms with Gasteiger partial charge in [0.05, 0.1) is 19.6 Å². The van der Waals surface area contributed by atoms with Crippen molar-refractivity contribution in [1.29, 1.82) is 0 Å². The van der Waals surface area contributed by atoms with Gasteiger partial charge in [-0.2, -0.15) is 9.61 Å². The van der Waals surface area contributed by atoms with Crippen LogP contribution >= 0.6 is 0 Å². The van der Waals surface area contributed by atoms with Crippen molar-refractivity contribution in [2.75, 3.05) is 7.11 Å². The molecule has 4 aromatic rings. The van der Waals surface area contributed by atoms with E-state index in [-0.39, 0.29) is 5.69 Å². The second-order valence-corrected chi connectivity index (χ2v) is 6.19. The number of fused-ring (bicyclic) bond motifs is 1. The van der Waals surface area contributed by atoms with Gasteiger partial charge in [-0.3, -0.25) is 4.98 Å². The predicted molar refractivity (Wildman–Crippen MR) is 99.6 cm³/mol. The van der Waals surface area contributed by atoms with E-state index in [2.05, 4.69) is 46.3 Å². The molecule has 26 heavy (non-hydrogen) atoms. The summed E-state index contributed by atoms with van der Waals surface area (Å²) in [6.45, 7) is 2.09. The molecule has 2 heterocycles. The molecular formula is C20H18N4O2. The SMILES string of the molecule is COc1cc(-c2cnn3c(=O)[nH]cnc23)ccc1Cc1cccc(C)c1. The van der Waals surface area contributed by atoms with Crippen LogP contribution in [0.15, 0.2) is 59.8 Å². The molecule has 0 amide bonds. The lowest BCUT2D eigenvalue weighted by atomic mass is 9.99. The number of aryl methyl sites for hydroxylation is 1. The van der Waals surface area contributed by atoms with Crippen molar-refractivity contribution in [3.8, 4) is 16.9 Å². The lowest BCUT2D eigenvalue weighted by Gasteiger charge is -2.11. The van der Waals surface area contributed by atoms with Crippen LogP contribution in [0.4, 0.5) is 0 Å². The number of nitrogens with one attached hydrogen (secondary N) is 1. The number of aromatic nitrogens is 4. The molecule has 0 aliphatic heterocycles. The van der Waals surface area contributed by atoms with Crippen LogP contribution in [0.1, 0.15) is 16.7 Å². The van der Waals surface area contributed by atoms with Gasteiger partial charge in [0.2, 0.25) is 0 Å². The molecule has 6 heteroatoms. The van der Waals surface area contributed by atoms with Gasteiger partial charge < -0.3 is 4.74 Å². The topological polar surface area (TPSA) is 72.3 Å². The Labute approximate surface area is 150 Å². The van der Waals surface area contributed by atoms with Crippen LogP contribution in [0.3, 0.4) is 0 Å². The monoisotopic (exact) mass is 346 g/mol. The summed E-state index contributed by atoms with van der Waals surface area (Å²) in [5.74, 6) is 0.799. The maximum Gasteiger partial charge on any atom is 0.349 e. The number of nitrogens with zero attached hydrogens (tertiary/aromatic N) is 3.